The lowest BCUT2D eigenvalue weighted by Gasteiger charge is -2.28. The number of halogens is 2. The van der Waals surface area contributed by atoms with Crippen LogP contribution in [-0.2, 0) is 0 Å². The van der Waals surface area contributed by atoms with Crippen molar-refractivity contribution in [3.8, 4) is 5.75 Å². The zero-order chi connectivity index (χ0) is 14.8. The molecule has 0 aromatic heterocycles. The third kappa shape index (κ3) is 3.11. The molecule has 0 saturated carbocycles. The number of hydrogen-bond donors (Lipinski definition) is 1. The summed E-state index contributed by atoms with van der Waals surface area (Å²) < 4.78 is 20.4. The molecule has 0 fully saturated rings. The Hall–Kier alpha value is -1.39. The number of benzene rings is 2. The van der Waals surface area contributed by atoms with Gasteiger partial charge in [0.25, 0.3) is 0 Å². The van der Waals surface area contributed by atoms with E-state index in [1.54, 1.807) is 6.07 Å². The normalized spacial score (nSPS) is 18.7. The van der Waals surface area contributed by atoms with E-state index in [1.807, 2.05) is 24.3 Å². The number of nitrogens with two attached hydrogens (primary N) is 1. The van der Waals surface area contributed by atoms with Crippen molar-refractivity contribution in [1.82, 2.24) is 0 Å². The smallest absolute Gasteiger partial charge is 0.129 e. The summed E-state index contributed by atoms with van der Waals surface area (Å²) in [5, 5.41) is 0. The van der Waals surface area contributed by atoms with Gasteiger partial charge in [-0.05, 0) is 42.5 Å². The predicted octanol–water partition coefficient (Wildman–Crippen LogP) is 4.54. The molecule has 2 N–H and O–H groups in total. The van der Waals surface area contributed by atoms with Crippen LogP contribution in [-0.4, -0.2) is 6.61 Å². The van der Waals surface area contributed by atoms with E-state index in [-0.39, 0.29) is 11.9 Å². The molecule has 1 aliphatic rings. The standard InChI is InChI=1S/C17H17BrFNO/c18-12-5-6-14(15(19)10-12)16(20)9-11-7-8-21-17-4-2-1-3-13(11)17/h1-6,10-11,16H,7-9,20H2. The van der Waals surface area contributed by atoms with Crippen molar-refractivity contribution in [2.75, 3.05) is 6.61 Å². The molecule has 0 aliphatic carbocycles. The van der Waals surface area contributed by atoms with Crippen molar-refractivity contribution in [3.63, 3.8) is 0 Å². The number of ether oxygens (including phenoxy) is 1. The summed E-state index contributed by atoms with van der Waals surface area (Å²) in [6.45, 7) is 0.692. The van der Waals surface area contributed by atoms with Crippen molar-refractivity contribution >= 4 is 15.9 Å². The maximum absolute atomic E-state index is 14.0. The van der Waals surface area contributed by atoms with Crippen LogP contribution in [0.1, 0.15) is 35.9 Å². The van der Waals surface area contributed by atoms with Crippen LogP contribution in [0.2, 0.25) is 0 Å². The number of hydrogen-bond acceptors (Lipinski definition) is 2. The van der Waals surface area contributed by atoms with Crippen molar-refractivity contribution in [2.45, 2.75) is 24.8 Å². The second-order valence-electron chi connectivity index (χ2n) is 5.38. The Morgan fingerprint density at radius 1 is 1.29 bits per heavy atom. The summed E-state index contributed by atoms with van der Waals surface area (Å²) in [6.07, 6.45) is 1.64. The molecular weight excluding hydrogens is 333 g/mol. The van der Waals surface area contributed by atoms with Gasteiger partial charge < -0.3 is 10.5 Å². The maximum atomic E-state index is 14.0. The molecule has 1 aliphatic heterocycles. The Bertz CT molecular complexity index is 646. The first-order valence-corrected chi connectivity index (χ1v) is 7.86. The van der Waals surface area contributed by atoms with Crippen LogP contribution in [0.3, 0.4) is 0 Å². The lowest BCUT2D eigenvalue weighted by atomic mass is 9.86. The highest BCUT2D eigenvalue weighted by molar-refractivity contribution is 9.10. The van der Waals surface area contributed by atoms with Crippen molar-refractivity contribution in [2.24, 2.45) is 5.73 Å². The molecule has 2 aromatic carbocycles. The van der Waals surface area contributed by atoms with Gasteiger partial charge in [-0.25, -0.2) is 4.39 Å². The molecule has 0 bridgehead atoms. The van der Waals surface area contributed by atoms with E-state index >= 15 is 0 Å². The summed E-state index contributed by atoms with van der Waals surface area (Å²) >= 11 is 3.27. The Morgan fingerprint density at radius 2 is 2.10 bits per heavy atom. The van der Waals surface area contributed by atoms with E-state index in [2.05, 4.69) is 22.0 Å². The number of para-hydroxylation sites is 1. The monoisotopic (exact) mass is 349 g/mol. The van der Waals surface area contributed by atoms with Gasteiger partial charge in [0.2, 0.25) is 0 Å². The van der Waals surface area contributed by atoms with Crippen LogP contribution in [0.15, 0.2) is 46.9 Å². The van der Waals surface area contributed by atoms with Crippen molar-refractivity contribution < 1.29 is 9.13 Å². The summed E-state index contributed by atoms with van der Waals surface area (Å²) in [6, 6.07) is 12.8. The highest BCUT2D eigenvalue weighted by atomic mass is 79.9. The summed E-state index contributed by atoms with van der Waals surface area (Å²) in [7, 11) is 0. The number of fused-ring (bicyclic) bond motifs is 1. The SMILES string of the molecule is NC(CC1CCOc2ccccc21)c1ccc(Br)cc1F. The van der Waals surface area contributed by atoms with Crippen molar-refractivity contribution in [3.05, 3.63) is 63.9 Å². The van der Waals surface area contributed by atoms with Gasteiger partial charge in [-0.2, -0.15) is 0 Å². The average molecular weight is 350 g/mol. The zero-order valence-corrected chi connectivity index (χ0v) is 13.1. The Morgan fingerprint density at radius 3 is 2.90 bits per heavy atom. The highest BCUT2D eigenvalue weighted by Gasteiger charge is 2.24. The largest absolute Gasteiger partial charge is 0.493 e. The Labute approximate surface area is 132 Å². The molecule has 2 atom stereocenters. The van der Waals surface area contributed by atoms with Crippen molar-refractivity contribution in [1.29, 1.82) is 0 Å². The fraction of sp³-hybridized carbons (Fsp3) is 0.294. The fourth-order valence-corrected chi connectivity index (χ4v) is 3.23. The molecule has 0 saturated heterocycles. The maximum Gasteiger partial charge on any atom is 0.129 e. The first-order valence-electron chi connectivity index (χ1n) is 7.07. The molecule has 21 heavy (non-hydrogen) atoms. The minimum Gasteiger partial charge on any atom is -0.493 e. The minimum atomic E-state index is -0.311. The van der Waals surface area contributed by atoms with E-state index in [1.165, 1.54) is 11.6 Å². The second-order valence-corrected chi connectivity index (χ2v) is 6.30. The molecule has 4 heteroatoms. The summed E-state index contributed by atoms with van der Waals surface area (Å²) in [5.74, 6) is 0.988. The molecule has 2 aromatic rings. The third-order valence-electron chi connectivity index (χ3n) is 3.98. The van der Waals surface area contributed by atoms with Crippen LogP contribution in [0, 0.1) is 5.82 Å². The molecule has 0 radical (unpaired) electrons. The second kappa shape index (κ2) is 6.16. The Balaban J connectivity index is 1.81. The number of rotatable bonds is 3. The predicted molar refractivity (Wildman–Crippen MR) is 84.9 cm³/mol. The first-order chi connectivity index (χ1) is 10.1. The van der Waals surface area contributed by atoms with Gasteiger partial charge in [0.15, 0.2) is 0 Å². The van der Waals surface area contributed by atoms with Gasteiger partial charge >= 0.3 is 0 Å². The van der Waals surface area contributed by atoms with Crippen LogP contribution in [0.25, 0.3) is 0 Å². The molecule has 0 amide bonds. The van der Waals surface area contributed by atoms with E-state index in [0.29, 0.717) is 18.1 Å². The van der Waals surface area contributed by atoms with E-state index < -0.39 is 0 Å². The average Bonchev–Trinajstić information content (AvgIpc) is 2.47. The lowest BCUT2D eigenvalue weighted by Crippen LogP contribution is -2.20. The molecule has 2 nitrogen and oxygen atoms in total. The summed E-state index contributed by atoms with van der Waals surface area (Å²) in [5.41, 5.74) is 7.99. The lowest BCUT2D eigenvalue weighted by molar-refractivity contribution is 0.259. The third-order valence-corrected chi connectivity index (χ3v) is 4.48. The van der Waals surface area contributed by atoms with E-state index in [4.69, 9.17) is 10.5 Å². The molecule has 1 heterocycles. The Kier molecular flexibility index (Phi) is 4.27. The van der Waals surface area contributed by atoms with Gasteiger partial charge in [-0.15, -0.1) is 0 Å². The van der Waals surface area contributed by atoms with Gasteiger partial charge in [0.05, 0.1) is 6.61 Å². The van der Waals surface area contributed by atoms with Crippen LogP contribution < -0.4 is 10.5 Å². The van der Waals surface area contributed by atoms with Gasteiger partial charge in [-0.3, -0.25) is 0 Å². The summed E-state index contributed by atoms with van der Waals surface area (Å²) in [4.78, 5) is 0. The molecular formula is C17H17BrFNO. The van der Waals surface area contributed by atoms with E-state index in [9.17, 15) is 4.39 Å². The molecule has 3 rings (SSSR count). The molecule has 110 valence electrons. The molecule has 2 unspecified atom stereocenters. The van der Waals surface area contributed by atoms with Crippen LogP contribution in [0.4, 0.5) is 4.39 Å². The minimum absolute atomic E-state index is 0.253. The quantitative estimate of drug-likeness (QED) is 0.882. The van der Waals surface area contributed by atoms with Gasteiger partial charge in [0.1, 0.15) is 11.6 Å². The zero-order valence-electron chi connectivity index (χ0n) is 11.6. The van der Waals surface area contributed by atoms with Gasteiger partial charge in [-0.1, -0.05) is 40.2 Å². The van der Waals surface area contributed by atoms with Gasteiger partial charge in [0, 0.05) is 16.1 Å². The fourth-order valence-electron chi connectivity index (χ4n) is 2.90. The van der Waals surface area contributed by atoms with Crippen LogP contribution in [0.5, 0.6) is 5.75 Å². The van der Waals surface area contributed by atoms with E-state index in [0.717, 1.165) is 23.1 Å². The highest BCUT2D eigenvalue weighted by Crippen LogP contribution is 2.38. The first kappa shape index (κ1) is 14.5. The van der Waals surface area contributed by atoms with Crippen LogP contribution >= 0.6 is 15.9 Å². The topological polar surface area (TPSA) is 35.2 Å². The molecule has 0 spiro atoms.